The number of methoxy groups -OCH3 is 1. The van der Waals surface area contributed by atoms with Crippen LogP contribution in [-0.4, -0.2) is 62.1 Å². The Hall–Kier alpha value is -3.60. The van der Waals surface area contributed by atoms with Crippen molar-refractivity contribution in [2.45, 2.75) is 16.2 Å². The van der Waals surface area contributed by atoms with Gasteiger partial charge < -0.3 is 19.3 Å². The first-order valence-corrected chi connectivity index (χ1v) is 13.0. The number of nitro groups is 1. The molecule has 1 aliphatic heterocycles. The van der Waals surface area contributed by atoms with Crippen molar-refractivity contribution in [1.82, 2.24) is 4.90 Å². The van der Waals surface area contributed by atoms with Crippen LogP contribution in [0.5, 0.6) is 5.75 Å². The molecule has 0 saturated heterocycles. The van der Waals surface area contributed by atoms with E-state index in [0.717, 1.165) is 22.2 Å². The maximum absolute atomic E-state index is 14.1. The number of rotatable bonds is 8. The van der Waals surface area contributed by atoms with E-state index in [9.17, 15) is 19.7 Å². The first-order chi connectivity index (χ1) is 18.2. The summed E-state index contributed by atoms with van der Waals surface area (Å²) in [6, 6.07) is 18.3. The molecule has 3 aromatic rings. The topological polar surface area (TPSA) is 102 Å². The van der Waals surface area contributed by atoms with E-state index in [-0.39, 0.29) is 22.2 Å². The molecule has 1 heterocycles. The van der Waals surface area contributed by atoms with E-state index < -0.39 is 22.2 Å². The molecule has 0 saturated carbocycles. The van der Waals surface area contributed by atoms with Gasteiger partial charge in [0.2, 0.25) is 0 Å². The van der Waals surface area contributed by atoms with E-state index in [1.807, 2.05) is 55.4 Å². The summed E-state index contributed by atoms with van der Waals surface area (Å²) in [7, 11) is 5.39. The highest BCUT2D eigenvalue weighted by Gasteiger charge is 2.41. The maximum atomic E-state index is 14.1. The molecule has 2 unspecified atom stereocenters. The molecule has 1 aliphatic rings. The molecular weight excluding hydrogens is 530 g/mol. The average Bonchev–Trinajstić information content (AvgIpc) is 3.01. The third-order valence-electron chi connectivity index (χ3n) is 6.03. The molecular formula is C27H26ClN3O6S. The first kappa shape index (κ1) is 27.4. The van der Waals surface area contributed by atoms with Gasteiger partial charge in [0.05, 0.1) is 33.6 Å². The normalized spacial score (nSPS) is 17.1. The summed E-state index contributed by atoms with van der Waals surface area (Å²) < 4.78 is 11.2. The van der Waals surface area contributed by atoms with Crippen LogP contribution in [0.15, 0.2) is 71.6 Å². The number of ether oxygens (including phenoxy) is 2. The van der Waals surface area contributed by atoms with E-state index in [0.29, 0.717) is 18.8 Å². The molecule has 0 bridgehead atoms. The number of halogens is 1. The average molecular weight is 556 g/mol. The smallest absolute Gasteiger partial charge is 0.340 e. The highest BCUT2D eigenvalue weighted by molar-refractivity contribution is 7.99. The number of thioether (sulfide) groups is 1. The second-order valence-electron chi connectivity index (χ2n) is 8.82. The number of fused-ring (bicyclic) bond motifs is 1. The molecule has 0 aromatic heterocycles. The lowest BCUT2D eigenvalue weighted by Gasteiger charge is -2.28. The van der Waals surface area contributed by atoms with Crippen molar-refractivity contribution in [3.05, 3.63) is 93.0 Å². The Labute approximate surface area is 229 Å². The lowest BCUT2D eigenvalue weighted by atomic mass is 10.0. The number of anilines is 1. The van der Waals surface area contributed by atoms with Gasteiger partial charge in [-0.1, -0.05) is 35.9 Å². The lowest BCUT2D eigenvalue weighted by molar-refractivity contribution is -0.384. The molecule has 198 valence electrons. The zero-order chi connectivity index (χ0) is 27.4. The molecule has 0 radical (unpaired) electrons. The molecule has 0 spiro atoms. The SMILES string of the molecule is COc1ccc(C2Sc3ccccc3N(CCN(C)C)C(=O)C2OC(=O)c2ccc([N+](=O)[O-])cc2Cl)cc1. The summed E-state index contributed by atoms with van der Waals surface area (Å²) in [5.41, 5.74) is 1.18. The molecule has 1 amide bonds. The summed E-state index contributed by atoms with van der Waals surface area (Å²) in [6.07, 6.45) is -1.21. The van der Waals surface area contributed by atoms with Crippen LogP contribution in [0, 0.1) is 10.1 Å². The highest BCUT2D eigenvalue weighted by atomic mass is 35.5. The third-order valence-corrected chi connectivity index (χ3v) is 7.71. The first-order valence-electron chi connectivity index (χ1n) is 11.7. The minimum absolute atomic E-state index is 0.0647. The van der Waals surface area contributed by atoms with Gasteiger partial charge in [-0.2, -0.15) is 0 Å². The van der Waals surface area contributed by atoms with Crippen LogP contribution in [0.25, 0.3) is 0 Å². The fourth-order valence-corrected chi connectivity index (χ4v) is 5.59. The monoisotopic (exact) mass is 555 g/mol. The number of benzene rings is 3. The fourth-order valence-electron chi connectivity index (χ4n) is 4.02. The number of nitrogens with zero attached hydrogens (tertiary/aromatic N) is 3. The summed E-state index contributed by atoms with van der Waals surface area (Å²) in [4.78, 5) is 42.4. The summed E-state index contributed by atoms with van der Waals surface area (Å²) in [5, 5.41) is 10.4. The predicted molar refractivity (Wildman–Crippen MR) is 146 cm³/mol. The largest absolute Gasteiger partial charge is 0.497 e. The minimum Gasteiger partial charge on any atom is -0.497 e. The van der Waals surface area contributed by atoms with E-state index >= 15 is 0 Å². The molecule has 2 atom stereocenters. The van der Waals surface area contributed by atoms with Gasteiger partial charge >= 0.3 is 5.97 Å². The van der Waals surface area contributed by atoms with Crippen LogP contribution in [0.3, 0.4) is 0 Å². The molecule has 38 heavy (non-hydrogen) atoms. The summed E-state index contributed by atoms with van der Waals surface area (Å²) in [6.45, 7) is 0.970. The Morgan fingerprint density at radius 2 is 1.84 bits per heavy atom. The Kier molecular flexibility index (Phi) is 8.55. The van der Waals surface area contributed by atoms with Gasteiger partial charge in [0.25, 0.3) is 11.6 Å². The van der Waals surface area contributed by atoms with Crippen LogP contribution < -0.4 is 9.64 Å². The Morgan fingerprint density at radius 1 is 1.13 bits per heavy atom. The Balaban J connectivity index is 1.76. The molecule has 0 aliphatic carbocycles. The van der Waals surface area contributed by atoms with Crippen molar-refractivity contribution < 1.29 is 24.0 Å². The van der Waals surface area contributed by atoms with Crippen molar-refractivity contribution >= 4 is 46.6 Å². The Bertz CT molecular complexity index is 1350. The van der Waals surface area contributed by atoms with Crippen LogP contribution in [0.2, 0.25) is 5.02 Å². The van der Waals surface area contributed by atoms with Crippen molar-refractivity contribution in [3.63, 3.8) is 0 Å². The second-order valence-corrected chi connectivity index (χ2v) is 10.4. The molecule has 3 aromatic carbocycles. The van der Waals surface area contributed by atoms with Gasteiger partial charge in [0.1, 0.15) is 5.75 Å². The zero-order valence-electron chi connectivity index (χ0n) is 21.0. The standard InChI is InChI=1S/C27H26ClN3O6S/c1-29(2)14-15-30-22-6-4-5-7-23(22)38-25(17-8-11-19(36-3)12-9-17)24(26(30)32)37-27(33)20-13-10-18(31(34)35)16-21(20)28/h4-13,16,24-25H,14-15H2,1-3H3. The van der Waals surface area contributed by atoms with Crippen LogP contribution >= 0.6 is 23.4 Å². The van der Waals surface area contributed by atoms with Gasteiger partial charge in [-0.25, -0.2) is 4.79 Å². The highest BCUT2D eigenvalue weighted by Crippen LogP contribution is 2.47. The fraction of sp³-hybridized carbons (Fsp3) is 0.259. The number of carbonyl (C=O) groups excluding carboxylic acids is 2. The van der Waals surface area contributed by atoms with Crippen molar-refractivity contribution in [3.8, 4) is 5.75 Å². The van der Waals surface area contributed by atoms with Gasteiger partial charge in [0, 0.05) is 30.1 Å². The second kappa shape index (κ2) is 11.8. The summed E-state index contributed by atoms with van der Waals surface area (Å²) in [5.74, 6) is -0.574. The minimum atomic E-state index is -1.21. The van der Waals surface area contributed by atoms with E-state index in [1.165, 1.54) is 23.9 Å². The van der Waals surface area contributed by atoms with Crippen LogP contribution in [-0.2, 0) is 9.53 Å². The van der Waals surface area contributed by atoms with Crippen molar-refractivity contribution in [1.29, 1.82) is 0 Å². The van der Waals surface area contributed by atoms with Crippen molar-refractivity contribution in [2.24, 2.45) is 0 Å². The number of amides is 1. The van der Waals surface area contributed by atoms with E-state index in [1.54, 1.807) is 24.1 Å². The van der Waals surface area contributed by atoms with E-state index in [4.69, 9.17) is 21.1 Å². The molecule has 0 N–H and O–H groups in total. The Morgan fingerprint density at radius 3 is 2.47 bits per heavy atom. The molecule has 9 nitrogen and oxygen atoms in total. The van der Waals surface area contributed by atoms with Gasteiger partial charge in [-0.05, 0) is 50.0 Å². The number of hydrogen-bond acceptors (Lipinski definition) is 8. The number of hydrogen-bond donors (Lipinski definition) is 0. The maximum Gasteiger partial charge on any atom is 0.340 e. The number of non-ortho nitro benzene ring substituents is 1. The van der Waals surface area contributed by atoms with Gasteiger partial charge in [-0.3, -0.25) is 14.9 Å². The number of nitro benzene ring substituents is 1. The number of esters is 1. The number of carbonyl (C=O) groups is 2. The number of para-hydroxylation sites is 1. The van der Waals surface area contributed by atoms with Crippen molar-refractivity contribution in [2.75, 3.05) is 39.2 Å². The summed E-state index contributed by atoms with van der Waals surface area (Å²) >= 11 is 7.63. The third kappa shape index (κ3) is 5.93. The predicted octanol–water partition coefficient (Wildman–Crippen LogP) is 5.22. The zero-order valence-corrected chi connectivity index (χ0v) is 22.6. The quantitative estimate of drug-likeness (QED) is 0.212. The van der Waals surface area contributed by atoms with Gasteiger partial charge in [-0.15, -0.1) is 11.8 Å². The van der Waals surface area contributed by atoms with Gasteiger partial charge in [0.15, 0.2) is 6.10 Å². The number of likely N-dealkylation sites (N-methyl/N-ethyl adjacent to an activating group) is 1. The molecule has 0 fully saturated rings. The molecule has 4 rings (SSSR count). The molecule has 11 heteroatoms. The van der Waals surface area contributed by atoms with E-state index in [2.05, 4.69) is 0 Å². The lowest BCUT2D eigenvalue weighted by Crippen LogP contribution is -2.45. The van der Waals surface area contributed by atoms with Crippen LogP contribution in [0.1, 0.15) is 21.2 Å². The van der Waals surface area contributed by atoms with Crippen LogP contribution in [0.4, 0.5) is 11.4 Å².